The van der Waals surface area contributed by atoms with Gasteiger partial charge in [-0.15, -0.1) is 0 Å². The molecule has 4 aliphatic carbocycles. The molecule has 4 rings (SSSR count). The van der Waals surface area contributed by atoms with E-state index in [9.17, 15) is 9.90 Å². The third-order valence-electron chi connectivity index (χ3n) is 7.61. The zero-order valence-electron chi connectivity index (χ0n) is 17.2. The summed E-state index contributed by atoms with van der Waals surface area (Å²) in [4.78, 5) is 12.5. The lowest BCUT2D eigenvalue weighted by Gasteiger charge is -2.60. The molecule has 0 saturated heterocycles. The highest BCUT2D eigenvalue weighted by atomic mass is 16.3. The minimum absolute atomic E-state index is 0.212. The van der Waals surface area contributed by atoms with Crippen molar-refractivity contribution in [2.75, 3.05) is 0 Å². The molecule has 21 heavy (non-hydrogen) atoms. The quantitative estimate of drug-likeness (QED) is 0.734. The van der Waals surface area contributed by atoms with Crippen molar-refractivity contribution in [2.45, 2.75) is 77.6 Å². The van der Waals surface area contributed by atoms with Crippen LogP contribution in [0.5, 0.6) is 0 Å². The van der Waals surface area contributed by atoms with Crippen LogP contribution in [0.25, 0.3) is 0 Å². The first-order chi connectivity index (χ1) is 11.4. The fourth-order valence-electron chi connectivity index (χ4n) is 6.32. The lowest BCUT2D eigenvalue weighted by molar-refractivity contribution is -0.142. The standard InChI is InChI=1S/C19H30O2/c1-18-9-7-13(20)11-12(18)3-4-14-15-5-6-17(21)19(15,2)10-8-16(14)18/h12-16,20H,3-11H2,1-2H3/t12-,13+,14-,15-,16-,18-,19-/m0/s1/i7D2,11D2. The van der Waals surface area contributed by atoms with Crippen molar-refractivity contribution in [1.29, 1.82) is 0 Å². The van der Waals surface area contributed by atoms with E-state index < -0.39 is 24.3 Å². The van der Waals surface area contributed by atoms with E-state index in [1.54, 1.807) is 0 Å². The number of aliphatic hydroxyl groups excluding tert-OH is 1. The molecule has 0 aromatic rings. The molecule has 4 saturated carbocycles. The third kappa shape index (κ3) is 1.84. The van der Waals surface area contributed by atoms with Crippen molar-refractivity contribution in [3.63, 3.8) is 0 Å². The first-order valence-electron chi connectivity index (χ1n) is 10.7. The molecule has 0 radical (unpaired) electrons. The molecule has 0 spiro atoms. The molecular formula is C19H30O2. The van der Waals surface area contributed by atoms with Gasteiger partial charge in [-0.3, -0.25) is 4.79 Å². The summed E-state index contributed by atoms with van der Waals surface area (Å²) >= 11 is 0. The summed E-state index contributed by atoms with van der Waals surface area (Å²) in [5, 5.41) is 10.3. The van der Waals surface area contributed by atoms with Gasteiger partial charge in [0.15, 0.2) is 0 Å². The fraction of sp³-hybridized carbons (Fsp3) is 0.947. The first-order valence-corrected chi connectivity index (χ1v) is 8.66. The third-order valence-corrected chi connectivity index (χ3v) is 7.61. The van der Waals surface area contributed by atoms with E-state index in [4.69, 9.17) is 5.48 Å². The number of hydrogen-bond donors (Lipinski definition) is 1. The van der Waals surface area contributed by atoms with Gasteiger partial charge < -0.3 is 5.11 Å². The van der Waals surface area contributed by atoms with Gasteiger partial charge in [-0.1, -0.05) is 13.8 Å². The Bertz CT molecular complexity index is 606. The van der Waals surface area contributed by atoms with E-state index in [-0.39, 0.29) is 23.7 Å². The number of Topliss-reactive ketones (excluding diaryl/α,β-unsaturated/α-hetero) is 1. The number of ketones is 1. The van der Waals surface area contributed by atoms with Gasteiger partial charge in [0.2, 0.25) is 0 Å². The molecule has 4 fully saturated rings. The Balaban J connectivity index is 1.73. The maximum absolute atomic E-state index is 12.5. The van der Waals surface area contributed by atoms with Crippen molar-refractivity contribution < 1.29 is 15.4 Å². The number of carbonyl (C=O) groups excluding carboxylic acids is 1. The van der Waals surface area contributed by atoms with E-state index in [2.05, 4.69) is 13.8 Å². The van der Waals surface area contributed by atoms with Crippen LogP contribution in [-0.2, 0) is 4.79 Å². The van der Waals surface area contributed by atoms with Crippen molar-refractivity contribution in [1.82, 2.24) is 0 Å². The van der Waals surface area contributed by atoms with E-state index in [1.165, 1.54) is 0 Å². The molecule has 0 unspecified atom stereocenters. The van der Waals surface area contributed by atoms with Crippen LogP contribution in [0.15, 0.2) is 0 Å². The lowest BCUT2D eigenvalue weighted by Crippen LogP contribution is -2.54. The lowest BCUT2D eigenvalue weighted by atomic mass is 9.45. The van der Waals surface area contributed by atoms with Crippen LogP contribution in [0.2, 0.25) is 0 Å². The summed E-state index contributed by atoms with van der Waals surface area (Å²) in [7, 11) is 0. The normalized spacial score (nSPS) is 64.1. The smallest absolute Gasteiger partial charge is 0.139 e. The van der Waals surface area contributed by atoms with Gasteiger partial charge in [0.05, 0.1) is 6.10 Å². The van der Waals surface area contributed by atoms with Gasteiger partial charge in [-0.05, 0) is 80.4 Å². The van der Waals surface area contributed by atoms with Gasteiger partial charge in [0, 0.05) is 17.3 Å². The highest BCUT2D eigenvalue weighted by Crippen LogP contribution is 2.65. The van der Waals surface area contributed by atoms with Crippen LogP contribution in [0.1, 0.15) is 77.0 Å². The number of aliphatic hydroxyl groups is 1. The molecule has 0 aliphatic heterocycles. The Morgan fingerprint density at radius 1 is 1.14 bits per heavy atom. The van der Waals surface area contributed by atoms with E-state index in [0.717, 1.165) is 25.7 Å². The summed E-state index contributed by atoms with van der Waals surface area (Å²) in [5.74, 6) is 1.12. The average Bonchev–Trinajstić information content (AvgIpc) is 2.80. The predicted molar refractivity (Wildman–Crippen MR) is 82.7 cm³/mol. The number of carbonyl (C=O) groups is 1. The summed E-state index contributed by atoms with van der Waals surface area (Å²) < 4.78 is 33.5. The fourth-order valence-corrected chi connectivity index (χ4v) is 6.32. The van der Waals surface area contributed by atoms with Gasteiger partial charge in [-0.2, -0.15) is 0 Å². The van der Waals surface area contributed by atoms with Crippen LogP contribution >= 0.6 is 0 Å². The van der Waals surface area contributed by atoms with Crippen molar-refractivity contribution >= 4 is 5.78 Å². The summed E-state index contributed by atoms with van der Waals surface area (Å²) in [6.07, 6.45) is -0.165. The second-order valence-corrected chi connectivity index (χ2v) is 8.38. The predicted octanol–water partition coefficient (Wildman–Crippen LogP) is 3.96. The minimum Gasteiger partial charge on any atom is -0.393 e. The molecule has 118 valence electrons. The summed E-state index contributed by atoms with van der Waals surface area (Å²) in [6, 6.07) is 0. The molecule has 1 N–H and O–H groups in total. The highest BCUT2D eigenvalue weighted by Gasteiger charge is 2.60. The SMILES string of the molecule is [2H]C1([2H])C[C@]2(C)[C@H]3CC[C@]4(C)C(=O)CC[C@H]4[C@@H]3CC[C@H]2C([2H])([2H])[C@@H]1O. The maximum Gasteiger partial charge on any atom is 0.139 e. The second-order valence-electron chi connectivity index (χ2n) is 8.38. The largest absolute Gasteiger partial charge is 0.393 e. The van der Waals surface area contributed by atoms with Crippen molar-refractivity contribution in [3.05, 3.63) is 0 Å². The highest BCUT2D eigenvalue weighted by molar-refractivity contribution is 5.87. The first kappa shape index (κ1) is 10.4. The van der Waals surface area contributed by atoms with Crippen LogP contribution < -0.4 is 0 Å². The molecule has 0 heterocycles. The van der Waals surface area contributed by atoms with E-state index in [0.29, 0.717) is 30.5 Å². The van der Waals surface area contributed by atoms with Crippen LogP contribution in [0, 0.1) is 34.5 Å². The maximum atomic E-state index is 12.5. The second kappa shape index (κ2) is 4.57. The molecule has 0 aromatic carbocycles. The van der Waals surface area contributed by atoms with Crippen LogP contribution in [-0.4, -0.2) is 17.0 Å². The van der Waals surface area contributed by atoms with Gasteiger partial charge in [0.25, 0.3) is 0 Å². The Hall–Kier alpha value is -0.370. The molecule has 0 amide bonds. The van der Waals surface area contributed by atoms with Crippen LogP contribution in [0.4, 0.5) is 0 Å². The van der Waals surface area contributed by atoms with Crippen LogP contribution in [0.3, 0.4) is 0 Å². The molecule has 0 aromatic heterocycles. The van der Waals surface area contributed by atoms with Gasteiger partial charge >= 0.3 is 0 Å². The Morgan fingerprint density at radius 3 is 2.76 bits per heavy atom. The minimum atomic E-state index is -1.90. The van der Waals surface area contributed by atoms with Gasteiger partial charge in [-0.25, -0.2) is 0 Å². The van der Waals surface area contributed by atoms with Crippen molar-refractivity contribution in [3.8, 4) is 0 Å². The molecule has 0 bridgehead atoms. The number of fused-ring (bicyclic) bond motifs is 5. The summed E-state index contributed by atoms with van der Waals surface area (Å²) in [6.45, 7) is 4.19. The molecule has 4 aliphatic rings. The molecule has 2 nitrogen and oxygen atoms in total. The van der Waals surface area contributed by atoms with Crippen molar-refractivity contribution in [2.24, 2.45) is 34.5 Å². The van der Waals surface area contributed by atoms with E-state index in [1.807, 2.05) is 0 Å². The molecule has 7 atom stereocenters. The zero-order chi connectivity index (χ0) is 18.4. The Kier molecular flexibility index (Phi) is 2.26. The van der Waals surface area contributed by atoms with Gasteiger partial charge in [0.1, 0.15) is 5.78 Å². The molecule has 2 heteroatoms. The number of hydrogen-bond acceptors (Lipinski definition) is 2. The summed E-state index contributed by atoms with van der Waals surface area (Å²) in [5.41, 5.74) is -0.654. The Morgan fingerprint density at radius 2 is 1.95 bits per heavy atom. The average molecular weight is 294 g/mol. The van der Waals surface area contributed by atoms with E-state index >= 15 is 0 Å². The zero-order valence-corrected chi connectivity index (χ0v) is 13.2. The number of rotatable bonds is 0. The Labute approximate surface area is 134 Å². The molecular weight excluding hydrogens is 260 g/mol. The monoisotopic (exact) mass is 294 g/mol. The topological polar surface area (TPSA) is 37.3 Å².